The number of Topliss-reactive ketones (excluding diaryl/α,β-unsaturated/α-hetero) is 1. The number of ketones is 1. The van der Waals surface area contributed by atoms with Crippen LogP contribution in [0.2, 0.25) is 0 Å². The molecule has 2 aliphatic rings. The minimum absolute atomic E-state index is 0.0239. The molecule has 1 aliphatic heterocycles. The second kappa shape index (κ2) is 12.6. The van der Waals surface area contributed by atoms with Crippen molar-refractivity contribution in [1.29, 1.82) is 0 Å². The van der Waals surface area contributed by atoms with Gasteiger partial charge in [0.25, 0.3) is 5.56 Å². The Balaban J connectivity index is 1.29. The number of hydrogen-bond acceptors (Lipinski definition) is 12. The van der Waals surface area contributed by atoms with E-state index < -0.39 is 16.4 Å². The Morgan fingerprint density at radius 2 is 1.81 bits per heavy atom. The maximum absolute atomic E-state index is 13.4. The summed E-state index contributed by atoms with van der Waals surface area (Å²) in [6.45, 7) is 4.43. The average molecular weight is 614 g/mol. The zero-order valence-electron chi connectivity index (χ0n) is 24.1. The molecule has 230 valence electrons. The number of pyridine rings is 2. The molecule has 3 aromatic rings. The molecule has 0 bridgehead atoms. The Hall–Kier alpha value is -4.15. The maximum Gasteiger partial charge on any atom is 0.423 e. The quantitative estimate of drug-likeness (QED) is 0.296. The molecule has 1 saturated carbocycles. The summed E-state index contributed by atoms with van der Waals surface area (Å²) in [5.41, 5.74) is 7.01. The highest BCUT2D eigenvalue weighted by Gasteiger charge is 2.31. The average Bonchev–Trinajstić information content (AvgIpc) is 3.51. The van der Waals surface area contributed by atoms with Crippen LogP contribution in [0.5, 0.6) is 0 Å². The lowest BCUT2D eigenvalue weighted by Gasteiger charge is -2.34. The zero-order chi connectivity index (χ0) is 30.7. The summed E-state index contributed by atoms with van der Waals surface area (Å²) in [7, 11) is -4.22. The van der Waals surface area contributed by atoms with Gasteiger partial charge in [-0.15, -0.1) is 0 Å². The van der Waals surface area contributed by atoms with Crippen molar-refractivity contribution in [3.05, 3.63) is 46.0 Å². The van der Waals surface area contributed by atoms with Gasteiger partial charge < -0.3 is 25.5 Å². The van der Waals surface area contributed by atoms with E-state index in [0.29, 0.717) is 35.5 Å². The number of piperazine rings is 1. The van der Waals surface area contributed by atoms with Crippen molar-refractivity contribution < 1.29 is 22.2 Å². The highest BCUT2D eigenvalue weighted by atomic mass is 32.2. The minimum atomic E-state index is -4.22. The Bertz CT molecular complexity index is 1680. The molecule has 3 aromatic heterocycles. The van der Waals surface area contributed by atoms with E-state index in [1.165, 1.54) is 6.92 Å². The van der Waals surface area contributed by atoms with Gasteiger partial charge in [-0.25, -0.2) is 14.8 Å². The van der Waals surface area contributed by atoms with Crippen molar-refractivity contribution in [2.45, 2.75) is 45.6 Å². The molecule has 2 fully saturated rings. The standard InChI is InChI=1S/C27H35N9O6S/c1-17-21-16-31-26(33-24(21)36(19-5-3-4-6-19)25(38)23(17)18(2)37)32-22-8-7-20(15-30-22)34-11-13-35(14-12-34)43(40,41)42-27(39)29-10-9-28/h7-8,15-16,19H,3-6,9-14,28H2,1-2H3,(H,29,39)(H,30,31,32,33). The number of nitrogens with two attached hydrogens (primary N) is 1. The van der Waals surface area contributed by atoms with Crippen molar-refractivity contribution in [1.82, 2.24) is 29.1 Å². The highest BCUT2D eigenvalue weighted by Crippen LogP contribution is 2.32. The SMILES string of the molecule is CC(=O)c1c(C)c2cnc(Nc3ccc(N4CCN(S(=O)(=O)OC(=O)NCCN)CC4)cn3)nc2n(C2CCCC2)c1=O. The third-order valence-electron chi connectivity index (χ3n) is 7.75. The summed E-state index contributed by atoms with van der Waals surface area (Å²) in [6.07, 6.45) is 5.95. The molecule has 16 heteroatoms. The topological polar surface area (TPSA) is 195 Å². The summed E-state index contributed by atoms with van der Waals surface area (Å²) in [5, 5.41) is 6.02. The van der Waals surface area contributed by atoms with Crippen LogP contribution in [0.4, 0.5) is 22.2 Å². The lowest BCUT2D eigenvalue weighted by atomic mass is 10.0. The molecule has 5 rings (SSSR count). The van der Waals surface area contributed by atoms with Gasteiger partial charge in [0.05, 0.1) is 17.4 Å². The minimum Gasteiger partial charge on any atom is -0.368 e. The molecule has 0 unspecified atom stereocenters. The van der Waals surface area contributed by atoms with Crippen LogP contribution in [0.15, 0.2) is 29.3 Å². The van der Waals surface area contributed by atoms with Crippen LogP contribution in [0.25, 0.3) is 11.0 Å². The molecular weight excluding hydrogens is 578 g/mol. The second-order valence-electron chi connectivity index (χ2n) is 10.6. The Morgan fingerprint density at radius 1 is 1.09 bits per heavy atom. The van der Waals surface area contributed by atoms with E-state index >= 15 is 0 Å². The fourth-order valence-corrected chi connectivity index (χ4v) is 6.56. The summed E-state index contributed by atoms with van der Waals surface area (Å²) in [4.78, 5) is 53.0. The van der Waals surface area contributed by atoms with E-state index in [1.54, 1.807) is 30.0 Å². The van der Waals surface area contributed by atoms with Gasteiger partial charge in [0, 0.05) is 56.9 Å². The van der Waals surface area contributed by atoms with E-state index in [2.05, 4.69) is 29.8 Å². The molecule has 43 heavy (non-hydrogen) atoms. The Morgan fingerprint density at radius 3 is 2.44 bits per heavy atom. The Labute approximate surface area is 248 Å². The number of nitrogens with zero attached hydrogens (tertiary/aromatic N) is 6. The molecule has 1 amide bonds. The first kappa shape index (κ1) is 30.3. The van der Waals surface area contributed by atoms with E-state index in [0.717, 1.165) is 35.7 Å². The number of hydrogen-bond donors (Lipinski definition) is 3. The van der Waals surface area contributed by atoms with Crippen molar-refractivity contribution >= 4 is 50.7 Å². The molecule has 4 N–H and O–H groups in total. The van der Waals surface area contributed by atoms with E-state index in [-0.39, 0.29) is 55.1 Å². The number of aryl methyl sites for hydroxylation is 1. The van der Waals surface area contributed by atoms with Crippen molar-refractivity contribution in [3.63, 3.8) is 0 Å². The first-order valence-electron chi connectivity index (χ1n) is 14.2. The summed E-state index contributed by atoms with van der Waals surface area (Å²) < 4.78 is 32.2. The first-order valence-corrected chi connectivity index (χ1v) is 15.5. The lowest BCUT2D eigenvalue weighted by Crippen LogP contribution is -2.50. The van der Waals surface area contributed by atoms with Crippen LogP contribution in [0.1, 0.15) is 54.6 Å². The fourth-order valence-electron chi connectivity index (χ4n) is 5.59. The van der Waals surface area contributed by atoms with Gasteiger partial charge in [0.2, 0.25) is 5.95 Å². The molecule has 0 radical (unpaired) electrons. The van der Waals surface area contributed by atoms with Crippen LogP contribution in [-0.2, 0) is 14.5 Å². The van der Waals surface area contributed by atoms with E-state index in [1.807, 2.05) is 11.0 Å². The van der Waals surface area contributed by atoms with Gasteiger partial charge >= 0.3 is 16.4 Å². The van der Waals surface area contributed by atoms with Crippen LogP contribution in [0.3, 0.4) is 0 Å². The number of rotatable bonds is 9. The third kappa shape index (κ3) is 6.45. The van der Waals surface area contributed by atoms with Crippen molar-refractivity contribution in [2.75, 3.05) is 49.5 Å². The first-order chi connectivity index (χ1) is 20.6. The molecule has 0 atom stereocenters. The lowest BCUT2D eigenvalue weighted by molar-refractivity contribution is 0.101. The molecular formula is C27H35N9O6S. The van der Waals surface area contributed by atoms with Gasteiger partial charge in [0.15, 0.2) is 5.78 Å². The number of nitrogens with one attached hydrogen (secondary N) is 2. The van der Waals surface area contributed by atoms with Crippen LogP contribution < -0.4 is 26.8 Å². The summed E-state index contributed by atoms with van der Waals surface area (Å²) >= 11 is 0. The number of carbonyl (C=O) groups is 2. The predicted molar refractivity (Wildman–Crippen MR) is 160 cm³/mol. The molecule has 4 heterocycles. The van der Waals surface area contributed by atoms with E-state index in [9.17, 15) is 22.8 Å². The van der Waals surface area contributed by atoms with Crippen molar-refractivity contribution in [2.24, 2.45) is 5.73 Å². The van der Waals surface area contributed by atoms with E-state index in [4.69, 9.17) is 5.73 Å². The van der Waals surface area contributed by atoms with Crippen LogP contribution in [-0.4, -0.2) is 83.4 Å². The maximum atomic E-state index is 13.4. The summed E-state index contributed by atoms with van der Waals surface area (Å²) in [6, 6.07) is 3.57. The number of carbonyl (C=O) groups excluding carboxylic acids is 2. The zero-order valence-corrected chi connectivity index (χ0v) is 24.9. The largest absolute Gasteiger partial charge is 0.423 e. The number of anilines is 3. The number of fused-ring (bicyclic) bond motifs is 1. The molecule has 1 saturated heterocycles. The van der Waals surface area contributed by atoms with Gasteiger partial charge in [0.1, 0.15) is 11.5 Å². The molecule has 0 aromatic carbocycles. The van der Waals surface area contributed by atoms with Gasteiger partial charge in [-0.05, 0) is 44.4 Å². The molecule has 0 spiro atoms. The highest BCUT2D eigenvalue weighted by molar-refractivity contribution is 7.84. The molecule has 15 nitrogen and oxygen atoms in total. The number of amides is 1. The second-order valence-corrected chi connectivity index (χ2v) is 12.1. The van der Waals surface area contributed by atoms with Crippen LogP contribution in [0, 0.1) is 6.92 Å². The molecule has 1 aliphatic carbocycles. The van der Waals surface area contributed by atoms with Crippen LogP contribution >= 0.6 is 0 Å². The summed E-state index contributed by atoms with van der Waals surface area (Å²) in [5.74, 6) is 0.473. The fraction of sp³-hybridized carbons (Fsp3) is 0.481. The van der Waals surface area contributed by atoms with Gasteiger partial charge in [-0.2, -0.15) is 17.7 Å². The smallest absolute Gasteiger partial charge is 0.368 e. The van der Waals surface area contributed by atoms with Crippen molar-refractivity contribution in [3.8, 4) is 0 Å². The third-order valence-corrected chi connectivity index (χ3v) is 9.11. The predicted octanol–water partition coefficient (Wildman–Crippen LogP) is 1.61. The number of aromatic nitrogens is 4. The Kier molecular flexibility index (Phi) is 8.89. The monoisotopic (exact) mass is 613 g/mol. The van der Waals surface area contributed by atoms with Gasteiger partial charge in [-0.3, -0.25) is 14.2 Å². The normalized spacial score (nSPS) is 16.4. The van der Waals surface area contributed by atoms with Gasteiger partial charge in [-0.1, -0.05) is 12.8 Å².